The van der Waals surface area contributed by atoms with Crippen molar-refractivity contribution in [3.05, 3.63) is 66.9 Å². The first-order valence-electron chi connectivity index (χ1n) is 5.67. The molecule has 0 saturated carbocycles. The van der Waals surface area contributed by atoms with Gasteiger partial charge < -0.3 is 0 Å². The Bertz CT molecular complexity index is 578. The van der Waals surface area contributed by atoms with Gasteiger partial charge in [-0.2, -0.15) is 0 Å². The minimum Gasteiger partial charge on any atom is -0.129 e. The normalized spacial score (nSPS) is 10.2. The molecule has 0 aliphatic heterocycles. The highest BCUT2D eigenvalue weighted by Gasteiger charge is 2.09. The van der Waals surface area contributed by atoms with E-state index < -0.39 is 0 Å². The van der Waals surface area contributed by atoms with Gasteiger partial charge in [0.05, 0.1) is 0 Å². The molecule has 0 aliphatic rings. The summed E-state index contributed by atoms with van der Waals surface area (Å²) in [6, 6.07) is 19.9. The molecule has 0 atom stereocenters. The van der Waals surface area contributed by atoms with E-state index in [0.29, 0.717) is 0 Å². The lowest BCUT2D eigenvalue weighted by molar-refractivity contribution is 0.868. The van der Waals surface area contributed by atoms with Crippen LogP contribution in [0.1, 0.15) is 0 Å². The van der Waals surface area contributed by atoms with Gasteiger partial charge in [-0.1, -0.05) is 60.7 Å². The number of nitrogens with zero attached hydrogens (tertiary/aromatic N) is 3. The van der Waals surface area contributed by atoms with E-state index in [1.165, 1.54) is 0 Å². The molecule has 3 heteroatoms. The highest BCUT2D eigenvalue weighted by atomic mass is 15.3. The molecule has 0 unspecified atom stereocenters. The van der Waals surface area contributed by atoms with E-state index in [2.05, 4.69) is 21.6 Å². The van der Waals surface area contributed by atoms with E-state index in [1.807, 2.05) is 60.7 Å². The summed E-state index contributed by atoms with van der Waals surface area (Å²) in [7, 11) is 0. The van der Waals surface area contributed by atoms with Gasteiger partial charge in [0.15, 0.2) is 0 Å². The Balaban J connectivity index is 2.18. The SMILES string of the molecule is [c]1nnnc(-c2ccccc2)c1-c1ccccc1. The fourth-order valence-electron chi connectivity index (χ4n) is 1.85. The number of rotatable bonds is 2. The van der Waals surface area contributed by atoms with Gasteiger partial charge >= 0.3 is 0 Å². The maximum atomic E-state index is 4.13. The molecule has 0 saturated heterocycles. The molecule has 85 valence electrons. The molecule has 2 aromatic carbocycles. The van der Waals surface area contributed by atoms with Gasteiger partial charge in [-0.15, -0.1) is 10.2 Å². The predicted molar refractivity (Wildman–Crippen MR) is 69.5 cm³/mol. The minimum atomic E-state index is 0.803. The monoisotopic (exact) mass is 232 g/mol. The second-order valence-electron chi connectivity index (χ2n) is 3.86. The third-order valence-electron chi connectivity index (χ3n) is 2.70. The Morgan fingerprint density at radius 1 is 0.722 bits per heavy atom. The van der Waals surface area contributed by atoms with E-state index in [1.54, 1.807) is 0 Å². The summed E-state index contributed by atoms with van der Waals surface area (Å²) in [5, 5.41) is 11.6. The number of benzene rings is 2. The van der Waals surface area contributed by atoms with Crippen LogP contribution in [0.3, 0.4) is 0 Å². The third kappa shape index (κ3) is 1.98. The van der Waals surface area contributed by atoms with Crippen LogP contribution in [0.25, 0.3) is 22.4 Å². The Kier molecular flexibility index (Phi) is 2.80. The third-order valence-corrected chi connectivity index (χ3v) is 2.70. The van der Waals surface area contributed by atoms with Crippen molar-refractivity contribution < 1.29 is 0 Å². The van der Waals surface area contributed by atoms with Crippen LogP contribution in [0.15, 0.2) is 60.7 Å². The molecule has 0 amide bonds. The second-order valence-corrected chi connectivity index (χ2v) is 3.86. The number of hydrogen-bond acceptors (Lipinski definition) is 3. The summed E-state index contributed by atoms with van der Waals surface area (Å²) in [5.74, 6) is 0. The maximum absolute atomic E-state index is 4.13. The first kappa shape index (κ1) is 10.6. The van der Waals surface area contributed by atoms with Crippen LogP contribution in [0.5, 0.6) is 0 Å². The van der Waals surface area contributed by atoms with Crippen LogP contribution in [0.4, 0.5) is 0 Å². The first-order chi connectivity index (χ1) is 8.95. The largest absolute Gasteiger partial charge is 0.129 e. The standard InChI is InChI=1S/C15H10N3/c1-3-7-12(8-4-1)14-11-16-18-17-15(14)13-9-5-2-6-10-13/h1-10H. The van der Waals surface area contributed by atoms with Gasteiger partial charge in [0.1, 0.15) is 11.9 Å². The summed E-state index contributed by atoms with van der Waals surface area (Å²) in [5.41, 5.74) is 3.73. The van der Waals surface area contributed by atoms with Crippen molar-refractivity contribution in [1.29, 1.82) is 0 Å². The Labute approximate surface area is 105 Å². The quantitative estimate of drug-likeness (QED) is 0.681. The predicted octanol–water partition coefficient (Wildman–Crippen LogP) is 3.01. The molecule has 0 bridgehead atoms. The van der Waals surface area contributed by atoms with Gasteiger partial charge in [-0.25, -0.2) is 0 Å². The van der Waals surface area contributed by atoms with Crippen LogP contribution in [-0.2, 0) is 0 Å². The highest BCUT2D eigenvalue weighted by Crippen LogP contribution is 2.27. The molecule has 18 heavy (non-hydrogen) atoms. The number of aromatic nitrogens is 3. The van der Waals surface area contributed by atoms with Crippen molar-refractivity contribution in [2.45, 2.75) is 0 Å². The fraction of sp³-hybridized carbons (Fsp3) is 0. The van der Waals surface area contributed by atoms with Crippen LogP contribution in [0.2, 0.25) is 0 Å². The van der Waals surface area contributed by atoms with Crippen molar-refractivity contribution in [2.75, 3.05) is 0 Å². The van der Waals surface area contributed by atoms with Gasteiger partial charge in [-0.3, -0.25) is 0 Å². The number of hydrogen-bond donors (Lipinski definition) is 0. The molecule has 1 heterocycles. The lowest BCUT2D eigenvalue weighted by Gasteiger charge is -2.06. The molecule has 0 spiro atoms. The summed E-state index contributed by atoms with van der Waals surface area (Å²) in [6.45, 7) is 0. The topological polar surface area (TPSA) is 38.7 Å². The van der Waals surface area contributed by atoms with E-state index in [4.69, 9.17) is 0 Å². The van der Waals surface area contributed by atoms with Gasteiger partial charge in [0.2, 0.25) is 0 Å². The zero-order valence-electron chi connectivity index (χ0n) is 9.62. The smallest absolute Gasteiger partial charge is 0.126 e. The average molecular weight is 232 g/mol. The fourth-order valence-corrected chi connectivity index (χ4v) is 1.85. The summed E-state index contributed by atoms with van der Waals surface area (Å²) in [4.78, 5) is 0. The van der Waals surface area contributed by atoms with E-state index in [0.717, 1.165) is 22.4 Å². The molecule has 1 radical (unpaired) electrons. The zero-order valence-corrected chi connectivity index (χ0v) is 9.62. The van der Waals surface area contributed by atoms with Crippen molar-refractivity contribution in [3.8, 4) is 22.4 Å². The summed E-state index contributed by atoms with van der Waals surface area (Å²) >= 11 is 0. The van der Waals surface area contributed by atoms with Crippen molar-refractivity contribution in [3.63, 3.8) is 0 Å². The Morgan fingerprint density at radius 2 is 1.33 bits per heavy atom. The second kappa shape index (κ2) is 4.75. The summed E-state index contributed by atoms with van der Waals surface area (Å²) in [6.07, 6.45) is 2.93. The van der Waals surface area contributed by atoms with Crippen molar-refractivity contribution >= 4 is 0 Å². The molecule has 0 aliphatic carbocycles. The molecule has 3 aromatic rings. The van der Waals surface area contributed by atoms with Gasteiger partial charge in [0.25, 0.3) is 0 Å². The van der Waals surface area contributed by atoms with Gasteiger partial charge in [-0.05, 0) is 10.8 Å². The van der Waals surface area contributed by atoms with Gasteiger partial charge in [0, 0.05) is 11.1 Å². The van der Waals surface area contributed by atoms with E-state index >= 15 is 0 Å². The summed E-state index contributed by atoms with van der Waals surface area (Å²) < 4.78 is 0. The average Bonchev–Trinajstić information content (AvgIpc) is 2.49. The molecule has 0 N–H and O–H groups in total. The van der Waals surface area contributed by atoms with Crippen molar-refractivity contribution in [1.82, 2.24) is 15.4 Å². The lowest BCUT2D eigenvalue weighted by Crippen LogP contribution is -1.94. The first-order valence-corrected chi connectivity index (χ1v) is 5.67. The zero-order chi connectivity index (χ0) is 12.2. The molecular weight excluding hydrogens is 222 g/mol. The Hall–Kier alpha value is -2.55. The van der Waals surface area contributed by atoms with Crippen molar-refractivity contribution in [2.24, 2.45) is 0 Å². The van der Waals surface area contributed by atoms with E-state index in [9.17, 15) is 0 Å². The lowest BCUT2D eigenvalue weighted by atomic mass is 10.0. The molecule has 1 aromatic heterocycles. The maximum Gasteiger partial charge on any atom is 0.126 e. The molecule has 3 rings (SSSR count). The van der Waals surface area contributed by atoms with E-state index in [-0.39, 0.29) is 0 Å². The molecule has 0 fully saturated rings. The Morgan fingerprint density at radius 3 is 2.00 bits per heavy atom. The molecular formula is C15H10N3. The minimum absolute atomic E-state index is 0.803. The molecule has 3 nitrogen and oxygen atoms in total. The van der Waals surface area contributed by atoms with Crippen LogP contribution < -0.4 is 0 Å². The van der Waals surface area contributed by atoms with Crippen LogP contribution in [-0.4, -0.2) is 15.4 Å². The van der Waals surface area contributed by atoms with Crippen LogP contribution in [0, 0.1) is 6.20 Å². The highest BCUT2D eigenvalue weighted by molar-refractivity contribution is 5.79. The van der Waals surface area contributed by atoms with Crippen LogP contribution >= 0.6 is 0 Å².